The van der Waals surface area contributed by atoms with E-state index in [2.05, 4.69) is 41.8 Å². The summed E-state index contributed by atoms with van der Waals surface area (Å²) in [6.45, 7) is 2.31. The van der Waals surface area contributed by atoms with Crippen LogP contribution in [-0.2, 0) is 14.3 Å². The van der Waals surface area contributed by atoms with Crippen molar-refractivity contribution in [3.05, 3.63) is 59.7 Å². The smallest absolute Gasteiger partial charge is 0.407 e. The van der Waals surface area contributed by atoms with Gasteiger partial charge in [-0.3, -0.25) is 9.59 Å². The van der Waals surface area contributed by atoms with Gasteiger partial charge in [0, 0.05) is 30.8 Å². The van der Waals surface area contributed by atoms with E-state index in [-0.39, 0.29) is 49.3 Å². The van der Waals surface area contributed by atoms with E-state index in [1.165, 1.54) is 11.1 Å². The molecule has 2 aromatic rings. The Morgan fingerprint density at radius 1 is 1.03 bits per heavy atom. The van der Waals surface area contributed by atoms with Crippen LogP contribution in [0.4, 0.5) is 4.79 Å². The normalized spacial score (nSPS) is 19.1. The van der Waals surface area contributed by atoms with Crippen molar-refractivity contribution in [1.29, 1.82) is 0 Å². The van der Waals surface area contributed by atoms with Gasteiger partial charge >= 0.3 is 12.1 Å². The van der Waals surface area contributed by atoms with E-state index in [9.17, 15) is 14.4 Å². The lowest BCUT2D eigenvalue weighted by atomic mass is 9.78. The first-order valence-corrected chi connectivity index (χ1v) is 12.6. The topological polar surface area (TPSA) is 105 Å². The summed E-state index contributed by atoms with van der Waals surface area (Å²) in [7, 11) is 0. The predicted octanol–water partition coefficient (Wildman–Crippen LogP) is 4.84. The number of carbonyl (C=O) groups excluding carboxylic acids is 2. The summed E-state index contributed by atoms with van der Waals surface area (Å²) < 4.78 is 5.66. The van der Waals surface area contributed by atoms with Crippen LogP contribution in [0.5, 0.6) is 0 Å². The molecule has 0 unspecified atom stereocenters. The molecule has 1 saturated carbocycles. The monoisotopic (exact) mass is 478 g/mol. The van der Waals surface area contributed by atoms with Crippen molar-refractivity contribution in [2.75, 3.05) is 6.61 Å². The number of ether oxygens (including phenoxy) is 1. The molecule has 2 amide bonds. The standard InChI is InChI=1S/C28H34N2O5/c1-2-3-8-19(16-26(31)29-20-13-18(14-20)15-27(32)33)30-28(34)35-17-25-23-11-6-4-9-21(23)22-10-5-7-12-24(22)25/h4-7,9-12,18-20,25H,2-3,8,13-17H2,1H3,(H,29,31)(H,30,34)(H,32,33)/t18?,19-,20?/m1/s1. The Hall–Kier alpha value is -3.35. The van der Waals surface area contributed by atoms with Gasteiger partial charge in [0.25, 0.3) is 0 Å². The van der Waals surface area contributed by atoms with Crippen molar-refractivity contribution in [3.63, 3.8) is 0 Å². The first-order chi connectivity index (χ1) is 16.9. The van der Waals surface area contributed by atoms with Gasteiger partial charge in [-0.1, -0.05) is 68.3 Å². The highest BCUT2D eigenvalue weighted by molar-refractivity contribution is 5.80. The third-order valence-electron chi connectivity index (χ3n) is 7.07. The first-order valence-electron chi connectivity index (χ1n) is 12.6. The average molecular weight is 479 g/mol. The number of hydrogen-bond donors (Lipinski definition) is 3. The zero-order valence-electron chi connectivity index (χ0n) is 20.2. The van der Waals surface area contributed by atoms with Crippen LogP contribution in [0.3, 0.4) is 0 Å². The molecule has 0 heterocycles. The van der Waals surface area contributed by atoms with Gasteiger partial charge < -0.3 is 20.5 Å². The highest BCUT2D eigenvalue weighted by Gasteiger charge is 2.32. The molecule has 4 rings (SSSR count). The Morgan fingerprint density at radius 3 is 2.26 bits per heavy atom. The second-order valence-electron chi connectivity index (χ2n) is 9.71. The zero-order chi connectivity index (χ0) is 24.8. The van der Waals surface area contributed by atoms with Crippen LogP contribution >= 0.6 is 0 Å². The Kier molecular flexibility index (Phi) is 8.06. The number of nitrogens with one attached hydrogen (secondary N) is 2. The third-order valence-corrected chi connectivity index (χ3v) is 7.07. The van der Waals surface area contributed by atoms with Gasteiger partial charge in [-0.25, -0.2) is 4.79 Å². The second-order valence-corrected chi connectivity index (χ2v) is 9.71. The molecule has 0 aromatic heterocycles. The number of alkyl carbamates (subject to hydrolysis) is 1. The summed E-state index contributed by atoms with van der Waals surface area (Å²) in [4.78, 5) is 36.0. The summed E-state index contributed by atoms with van der Waals surface area (Å²) in [6.07, 6.45) is 3.76. The van der Waals surface area contributed by atoms with Gasteiger partial charge in [0.05, 0.1) is 0 Å². The molecule has 1 fully saturated rings. The second kappa shape index (κ2) is 11.4. The fraction of sp³-hybridized carbons (Fsp3) is 0.464. The molecule has 3 N–H and O–H groups in total. The van der Waals surface area contributed by atoms with Crippen LogP contribution in [0, 0.1) is 5.92 Å². The molecular weight excluding hydrogens is 444 g/mol. The van der Waals surface area contributed by atoms with Crippen molar-refractivity contribution in [2.24, 2.45) is 5.92 Å². The van der Waals surface area contributed by atoms with Crippen LogP contribution in [0.1, 0.15) is 68.9 Å². The summed E-state index contributed by atoms with van der Waals surface area (Å²) in [6, 6.07) is 16.1. The number of carbonyl (C=O) groups is 3. The van der Waals surface area contributed by atoms with Gasteiger partial charge in [0.1, 0.15) is 6.61 Å². The largest absolute Gasteiger partial charge is 0.481 e. The molecule has 2 aliphatic rings. The van der Waals surface area contributed by atoms with E-state index in [1.807, 2.05) is 24.3 Å². The number of benzene rings is 2. The van der Waals surface area contributed by atoms with Crippen LogP contribution < -0.4 is 10.6 Å². The maximum Gasteiger partial charge on any atom is 0.407 e. The SMILES string of the molecule is CCCC[C@H](CC(=O)NC1CC(CC(=O)O)C1)NC(=O)OCC1c2ccccc2-c2ccccc21. The van der Waals surface area contributed by atoms with E-state index in [0.717, 1.165) is 24.0 Å². The zero-order valence-corrected chi connectivity index (χ0v) is 20.2. The average Bonchev–Trinajstić information content (AvgIpc) is 3.13. The fourth-order valence-electron chi connectivity index (χ4n) is 5.26. The van der Waals surface area contributed by atoms with Gasteiger partial charge in [-0.05, 0) is 47.4 Å². The van der Waals surface area contributed by atoms with E-state index in [1.54, 1.807) is 0 Å². The predicted molar refractivity (Wildman–Crippen MR) is 133 cm³/mol. The molecule has 2 aliphatic carbocycles. The van der Waals surface area contributed by atoms with Crippen LogP contribution in [0.15, 0.2) is 48.5 Å². The number of hydrogen-bond acceptors (Lipinski definition) is 4. The Bertz CT molecular complexity index is 1020. The summed E-state index contributed by atoms with van der Waals surface area (Å²) in [5.41, 5.74) is 4.67. The van der Waals surface area contributed by atoms with Crippen molar-refractivity contribution in [3.8, 4) is 11.1 Å². The summed E-state index contributed by atoms with van der Waals surface area (Å²) in [5.74, 6) is -0.800. The molecule has 7 heteroatoms. The van der Waals surface area contributed by atoms with Crippen LogP contribution in [-0.4, -0.2) is 41.8 Å². The molecule has 2 aromatic carbocycles. The van der Waals surface area contributed by atoms with Crippen molar-refractivity contribution in [2.45, 2.75) is 69.9 Å². The number of carboxylic acids is 1. The van der Waals surface area contributed by atoms with Crippen molar-refractivity contribution >= 4 is 18.0 Å². The quantitative estimate of drug-likeness (QED) is 0.429. The molecular formula is C28H34N2O5. The van der Waals surface area contributed by atoms with Crippen molar-refractivity contribution < 1.29 is 24.2 Å². The minimum Gasteiger partial charge on any atom is -0.481 e. The molecule has 0 saturated heterocycles. The number of fused-ring (bicyclic) bond motifs is 3. The van der Waals surface area contributed by atoms with E-state index < -0.39 is 12.1 Å². The number of rotatable bonds is 11. The van der Waals surface area contributed by atoms with Gasteiger partial charge in [0.2, 0.25) is 5.91 Å². The lowest BCUT2D eigenvalue weighted by Gasteiger charge is -2.35. The minimum absolute atomic E-state index is 0.0112. The Morgan fingerprint density at radius 2 is 1.66 bits per heavy atom. The first kappa shape index (κ1) is 24.8. The minimum atomic E-state index is -0.799. The molecule has 0 aliphatic heterocycles. The van der Waals surface area contributed by atoms with E-state index >= 15 is 0 Å². The number of unbranched alkanes of at least 4 members (excludes halogenated alkanes) is 1. The highest BCUT2D eigenvalue weighted by atomic mass is 16.5. The number of amides is 2. The van der Waals surface area contributed by atoms with Crippen molar-refractivity contribution in [1.82, 2.24) is 10.6 Å². The third kappa shape index (κ3) is 6.21. The molecule has 1 atom stereocenters. The van der Waals surface area contributed by atoms with Crippen LogP contribution in [0.2, 0.25) is 0 Å². The lowest BCUT2D eigenvalue weighted by molar-refractivity contribution is -0.139. The fourth-order valence-corrected chi connectivity index (χ4v) is 5.26. The molecule has 186 valence electrons. The van der Waals surface area contributed by atoms with Gasteiger partial charge in [0.15, 0.2) is 0 Å². The molecule has 0 bridgehead atoms. The van der Waals surface area contributed by atoms with E-state index in [0.29, 0.717) is 19.3 Å². The number of aliphatic carboxylic acids is 1. The lowest BCUT2D eigenvalue weighted by Crippen LogP contribution is -2.47. The summed E-state index contributed by atoms with van der Waals surface area (Å²) >= 11 is 0. The summed E-state index contributed by atoms with van der Waals surface area (Å²) in [5, 5.41) is 14.7. The molecule has 7 nitrogen and oxygen atoms in total. The maximum atomic E-state index is 12.7. The van der Waals surface area contributed by atoms with Crippen LogP contribution in [0.25, 0.3) is 11.1 Å². The highest BCUT2D eigenvalue weighted by Crippen LogP contribution is 2.44. The van der Waals surface area contributed by atoms with Gasteiger partial charge in [-0.15, -0.1) is 0 Å². The Labute approximate surface area is 206 Å². The number of carboxylic acid groups (broad SMARTS) is 1. The van der Waals surface area contributed by atoms with Gasteiger partial charge in [-0.2, -0.15) is 0 Å². The van der Waals surface area contributed by atoms with E-state index in [4.69, 9.17) is 9.84 Å². The molecule has 35 heavy (non-hydrogen) atoms. The maximum absolute atomic E-state index is 12.7. The molecule has 0 radical (unpaired) electrons. The Balaban J connectivity index is 1.29. The molecule has 0 spiro atoms.